The first-order valence-electron chi connectivity index (χ1n) is 5.52. The molecule has 0 bridgehead atoms. The number of nitrogens with one attached hydrogen (secondary N) is 1. The number of pyridine rings is 1. The molecule has 0 spiro atoms. The Hall–Kier alpha value is -1.69. The summed E-state index contributed by atoms with van der Waals surface area (Å²) in [6.07, 6.45) is 3.28. The fourth-order valence-electron chi connectivity index (χ4n) is 1.56. The van der Waals surface area contributed by atoms with Gasteiger partial charge in [-0.3, -0.25) is 15.1 Å². The van der Waals surface area contributed by atoms with Crippen molar-refractivity contribution in [3.8, 4) is 0 Å². The third kappa shape index (κ3) is 3.67. The molecule has 1 aromatic rings. The molecule has 0 saturated heterocycles. The van der Waals surface area contributed by atoms with Gasteiger partial charge in [0, 0.05) is 18.8 Å². The lowest BCUT2D eigenvalue weighted by Gasteiger charge is -2.22. The number of aliphatic hydroxyl groups excluding tert-OH is 1. The number of aliphatic hydroxyl groups is 1. The quantitative estimate of drug-likeness (QED) is 0.583. The molecular weight excluding hydrogens is 222 g/mol. The van der Waals surface area contributed by atoms with Crippen molar-refractivity contribution in [3.63, 3.8) is 0 Å². The Balaban J connectivity index is 2.88. The highest BCUT2D eigenvalue weighted by Crippen LogP contribution is 2.24. The molecule has 1 atom stereocenters. The van der Waals surface area contributed by atoms with Crippen LogP contribution in [-0.4, -0.2) is 27.7 Å². The van der Waals surface area contributed by atoms with E-state index >= 15 is 0 Å². The number of rotatable bonds is 6. The first-order valence-corrected chi connectivity index (χ1v) is 5.52. The van der Waals surface area contributed by atoms with Crippen molar-refractivity contribution in [3.05, 3.63) is 28.6 Å². The Labute approximate surface area is 99.8 Å². The number of aromatic nitrogens is 1. The monoisotopic (exact) mass is 239 g/mol. The molecule has 17 heavy (non-hydrogen) atoms. The van der Waals surface area contributed by atoms with Crippen LogP contribution in [-0.2, 0) is 0 Å². The fourth-order valence-corrected chi connectivity index (χ4v) is 1.56. The molecule has 0 aliphatic carbocycles. The molecule has 1 rings (SSSR count). The van der Waals surface area contributed by atoms with Crippen LogP contribution < -0.4 is 5.32 Å². The van der Waals surface area contributed by atoms with Crippen LogP contribution >= 0.6 is 0 Å². The van der Waals surface area contributed by atoms with Gasteiger partial charge in [0.05, 0.1) is 4.92 Å². The molecule has 94 valence electrons. The molecule has 0 aromatic carbocycles. The molecule has 6 heteroatoms. The first-order chi connectivity index (χ1) is 8.06. The van der Waals surface area contributed by atoms with Crippen LogP contribution in [0.4, 0.5) is 11.4 Å². The summed E-state index contributed by atoms with van der Waals surface area (Å²) in [5.41, 5.74) is 0.397. The molecule has 0 saturated carbocycles. The van der Waals surface area contributed by atoms with E-state index in [9.17, 15) is 10.1 Å². The first kappa shape index (κ1) is 13.4. The zero-order chi connectivity index (χ0) is 12.8. The Morgan fingerprint density at radius 1 is 1.59 bits per heavy atom. The van der Waals surface area contributed by atoms with Crippen LogP contribution in [0.5, 0.6) is 0 Å². The summed E-state index contributed by atoms with van der Waals surface area (Å²) < 4.78 is 0. The zero-order valence-corrected chi connectivity index (χ0v) is 9.96. The second-order valence-electron chi connectivity index (χ2n) is 4.16. The van der Waals surface area contributed by atoms with E-state index in [-0.39, 0.29) is 24.3 Å². The minimum atomic E-state index is -0.467. The van der Waals surface area contributed by atoms with Gasteiger partial charge in [-0.25, -0.2) is 0 Å². The zero-order valence-electron chi connectivity index (χ0n) is 9.96. The number of hydrogen-bond acceptors (Lipinski definition) is 5. The standard InChI is InChI=1S/C11H17N3O3/c1-8(2)9(4-6-15)13-10-3-5-12-7-11(10)14(16)17/h3,5,7-9,15H,4,6H2,1-2H3,(H,12,13). The number of hydrogen-bond donors (Lipinski definition) is 2. The van der Waals surface area contributed by atoms with Crippen LogP contribution in [0.1, 0.15) is 20.3 Å². The van der Waals surface area contributed by atoms with Crippen molar-refractivity contribution in [1.82, 2.24) is 4.98 Å². The van der Waals surface area contributed by atoms with Crippen LogP contribution in [0.15, 0.2) is 18.5 Å². The second kappa shape index (κ2) is 6.15. The summed E-state index contributed by atoms with van der Waals surface area (Å²) in [4.78, 5) is 14.1. The maximum atomic E-state index is 10.8. The fraction of sp³-hybridized carbons (Fsp3) is 0.545. The number of nitro groups is 1. The molecular formula is C11H17N3O3. The average Bonchev–Trinajstić information content (AvgIpc) is 2.28. The van der Waals surface area contributed by atoms with Gasteiger partial charge in [0.1, 0.15) is 11.9 Å². The van der Waals surface area contributed by atoms with Gasteiger partial charge >= 0.3 is 5.69 Å². The smallest absolute Gasteiger partial charge is 0.310 e. The number of anilines is 1. The minimum Gasteiger partial charge on any atom is -0.396 e. The molecule has 0 amide bonds. The third-order valence-corrected chi connectivity index (χ3v) is 2.58. The predicted octanol–water partition coefficient (Wildman–Crippen LogP) is 1.81. The molecule has 1 unspecified atom stereocenters. The van der Waals surface area contributed by atoms with Crippen LogP contribution in [0, 0.1) is 16.0 Å². The van der Waals surface area contributed by atoms with Crippen molar-refractivity contribution in [1.29, 1.82) is 0 Å². The highest BCUT2D eigenvalue weighted by Gasteiger charge is 2.18. The van der Waals surface area contributed by atoms with E-state index in [4.69, 9.17) is 5.11 Å². The van der Waals surface area contributed by atoms with Gasteiger partial charge in [0.2, 0.25) is 0 Å². The highest BCUT2D eigenvalue weighted by atomic mass is 16.6. The molecule has 1 aromatic heterocycles. The van der Waals surface area contributed by atoms with Crippen LogP contribution in [0.2, 0.25) is 0 Å². The van der Waals surface area contributed by atoms with Gasteiger partial charge in [-0.15, -0.1) is 0 Å². The molecule has 6 nitrogen and oxygen atoms in total. The van der Waals surface area contributed by atoms with E-state index in [2.05, 4.69) is 10.3 Å². The van der Waals surface area contributed by atoms with E-state index in [1.807, 2.05) is 13.8 Å². The van der Waals surface area contributed by atoms with E-state index in [1.54, 1.807) is 6.07 Å². The van der Waals surface area contributed by atoms with E-state index in [0.29, 0.717) is 12.1 Å². The Bertz CT molecular complexity index is 382. The minimum absolute atomic E-state index is 0.00102. The Morgan fingerprint density at radius 3 is 2.82 bits per heavy atom. The summed E-state index contributed by atoms with van der Waals surface area (Å²) in [5, 5.41) is 22.9. The van der Waals surface area contributed by atoms with Crippen molar-refractivity contribution in [2.24, 2.45) is 5.92 Å². The van der Waals surface area contributed by atoms with Gasteiger partial charge in [0.25, 0.3) is 0 Å². The van der Waals surface area contributed by atoms with Crippen LogP contribution in [0.25, 0.3) is 0 Å². The third-order valence-electron chi connectivity index (χ3n) is 2.58. The van der Waals surface area contributed by atoms with Gasteiger partial charge in [-0.1, -0.05) is 13.8 Å². The normalized spacial score (nSPS) is 12.5. The summed E-state index contributed by atoms with van der Waals surface area (Å²) in [7, 11) is 0. The Morgan fingerprint density at radius 2 is 2.29 bits per heavy atom. The average molecular weight is 239 g/mol. The molecule has 1 heterocycles. The predicted molar refractivity (Wildman–Crippen MR) is 64.8 cm³/mol. The topological polar surface area (TPSA) is 88.3 Å². The van der Waals surface area contributed by atoms with Crippen molar-refractivity contribution >= 4 is 11.4 Å². The molecule has 0 aliphatic rings. The summed E-state index contributed by atoms with van der Waals surface area (Å²) in [6.45, 7) is 4.05. The van der Waals surface area contributed by atoms with E-state index in [0.717, 1.165) is 0 Å². The molecule has 0 radical (unpaired) electrons. The maximum Gasteiger partial charge on any atom is 0.310 e. The SMILES string of the molecule is CC(C)C(CCO)Nc1ccncc1[N+](=O)[O-]. The summed E-state index contributed by atoms with van der Waals surface area (Å²) >= 11 is 0. The second-order valence-corrected chi connectivity index (χ2v) is 4.16. The number of nitrogens with zero attached hydrogens (tertiary/aromatic N) is 2. The van der Waals surface area contributed by atoms with Gasteiger partial charge in [-0.2, -0.15) is 0 Å². The van der Waals surface area contributed by atoms with E-state index in [1.165, 1.54) is 12.4 Å². The van der Waals surface area contributed by atoms with Gasteiger partial charge < -0.3 is 10.4 Å². The van der Waals surface area contributed by atoms with Gasteiger partial charge in [-0.05, 0) is 18.4 Å². The highest BCUT2D eigenvalue weighted by molar-refractivity contribution is 5.60. The van der Waals surface area contributed by atoms with Crippen molar-refractivity contribution in [2.75, 3.05) is 11.9 Å². The lowest BCUT2D eigenvalue weighted by atomic mass is 10.0. The van der Waals surface area contributed by atoms with E-state index < -0.39 is 4.92 Å². The van der Waals surface area contributed by atoms with Gasteiger partial charge in [0.15, 0.2) is 0 Å². The van der Waals surface area contributed by atoms with Crippen molar-refractivity contribution < 1.29 is 10.0 Å². The lowest BCUT2D eigenvalue weighted by molar-refractivity contribution is -0.384. The van der Waals surface area contributed by atoms with Crippen molar-refractivity contribution in [2.45, 2.75) is 26.3 Å². The summed E-state index contributed by atoms with van der Waals surface area (Å²) in [5.74, 6) is 0.273. The molecule has 0 aliphatic heterocycles. The molecule has 0 fully saturated rings. The molecule has 2 N–H and O–H groups in total. The largest absolute Gasteiger partial charge is 0.396 e. The maximum absolute atomic E-state index is 10.8. The Kier molecular flexibility index (Phi) is 4.84. The summed E-state index contributed by atoms with van der Waals surface area (Å²) in [6, 6.07) is 1.58. The lowest BCUT2D eigenvalue weighted by Crippen LogP contribution is -2.27. The van der Waals surface area contributed by atoms with Crippen LogP contribution in [0.3, 0.4) is 0 Å².